The molecule has 4 rings (SSSR count). The highest BCUT2D eigenvalue weighted by Gasteiger charge is 2.19. The van der Waals surface area contributed by atoms with Gasteiger partial charge in [-0.2, -0.15) is 0 Å². The molecule has 0 amide bonds. The highest BCUT2D eigenvalue weighted by molar-refractivity contribution is 7.18. The predicted octanol–water partition coefficient (Wildman–Crippen LogP) is 4.91. The van der Waals surface area contributed by atoms with Gasteiger partial charge in [0.05, 0.1) is 42.2 Å². The average molecular weight is 410 g/mol. The zero-order valence-electron chi connectivity index (χ0n) is 16.9. The average Bonchev–Trinajstić information content (AvgIpc) is 3.29. The third-order valence-corrected chi connectivity index (χ3v) is 5.71. The van der Waals surface area contributed by atoms with Crippen molar-refractivity contribution in [2.24, 2.45) is 0 Å². The number of benzene rings is 2. The van der Waals surface area contributed by atoms with Crippen molar-refractivity contribution in [2.75, 3.05) is 21.3 Å². The van der Waals surface area contributed by atoms with Gasteiger partial charge in [-0.05, 0) is 38.2 Å². The number of hydrogen-bond donors (Lipinski definition) is 0. The van der Waals surface area contributed by atoms with E-state index in [4.69, 9.17) is 23.9 Å². The minimum Gasteiger partial charge on any atom is -0.493 e. The fourth-order valence-electron chi connectivity index (χ4n) is 3.28. The summed E-state index contributed by atoms with van der Waals surface area (Å²) in [6, 6.07) is 13.9. The number of rotatable bonds is 7. The molecule has 0 aliphatic carbocycles. The summed E-state index contributed by atoms with van der Waals surface area (Å²) >= 11 is 1.72. The van der Waals surface area contributed by atoms with Gasteiger partial charge in [-0.15, -0.1) is 11.3 Å². The first kappa shape index (κ1) is 19.4. The molecule has 0 unspecified atom stereocenters. The second-order valence-corrected chi connectivity index (χ2v) is 7.93. The number of nitrogens with zero attached hydrogens (tertiary/aromatic N) is 3. The van der Waals surface area contributed by atoms with Crippen molar-refractivity contribution >= 4 is 21.6 Å². The van der Waals surface area contributed by atoms with Crippen LogP contribution in [0.15, 0.2) is 46.9 Å². The molecule has 0 spiro atoms. The van der Waals surface area contributed by atoms with Crippen LogP contribution < -0.4 is 9.47 Å². The molecule has 0 radical (unpaired) electrons. The van der Waals surface area contributed by atoms with Gasteiger partial charge in [-0.1, -0.05) is 18.2 Å². The summed E-state index contributed by atoms with van der Waals surface area (Å²) in [5, 5.41) is 1.09. The summed E-state index contributed by atoms with van der Waals surface area (Å²) in [5.41, 5.74) is 2.72. The predicted molar refractivity (Wildman–Crippen MR) is 115 cm³/mol. The van der Waals surface area contributed by atoms with E-state index in [1.165, 1.54) is 4.70 Å². The van der Waals surface area contributed by atoms with Crippen molar-refractivity contribution in [1.82, 2.24) is 14.9 Å². The highest BCUT2D eigenvalue weighted by Crippen LogP contribution is 2.38. The maximum atomic E-state index is 5.96. The van der Waals surface area contributed by atoms with Gasteiger partial charge in [0.15, 0.2) is 11.5 Å². The third kappa shape index (κ3) is 3.97. The Morgan fingerprint density at radius 2 is 1.83 bits per heavy atom. The monoisotopic (exact) mass is 409 g/mol. The SMILES string of the molecule is COc1cccc(-c2nc(CN(C)Cc3nc4ccccc4s3)c(C)o2)c1OC. The molecular formula is C22H23N3O3S. The molecule has 0 aliphatic heterocycles. The first-order valence-corrected chi connectivity index (χ1v) is 10.1. The van der Waals surface area contributed by atoms with Crippen LogP contribution in [0.1, 0.15) is 16.5 Å². The lowest BCUT2D eigenvalue weighted by Gasteiger charge is -2.13. The Hall–Kier alpha value is -2.90. The van der Waals surface area contributed by atoms with Gasteiger partial charge < -0.3 is 13.9 Å². The van der Waals surface area contributed by atoms with E-state index in [0.29, 0.717) is 23.9 Å². The topological polar surface area (TPSA) is 60.6 Å². The van der Waals surface area contributed by atoms with E-state index in [0.717, 1.165) is 34.1 Å². The van der Waals surface area contributed by atoms with Crippen LogP contribution in [-0.2, 0) is 13.1 Å². The van der Waals surface area contributed by atoms with Crippen LogP contribution in [0, 0.1) is 6.92 Å². The Bertz CT molecular complexity index is 1100. The fraction of sp³-hybridized carbons (Fsp3) is 0.273. The second-order valence-electron chi connectivity index (χ2n) is 6.81. The van der Waals surface area contributed by atoms with Crippen LogP contribution in [-0.4, -0.2) is 36.1 Å². The minimum atomic E-state index is 0.529. The van der Waals surface area contributed by atoms with Crippen LogP contribution in [0.2, 0.25) is 0 Å². The maximum absolute atomic E-state index is 5.96. The maximum Gasteiger partial charge on any atom is 0.230 e. The number of para-hydroxylation sites is 2. The summed E-state index contributed by atoms with van der Waals surface area (Å²) in [6.45, 7) is 3.35. The van der Waals surface area contributed by atoms with Crippen molar-refractivity contribution in [3.8, 4) is 23.0 Å². The number of oxazole rings is 1. The van der Waals surface area contributed by atoms with Gasteiger partial charge in [0.25, 0.3) is 0 Å². The van der Waals surface area contributed by atoms with Gasteiger partial charge in [-0.25, -0.2) is 9.97 Å². The number of thiazole rings is 1. The number of aromatic nitrogens is 2. The van der Waals surface area contributed by atoms with Gasteiger partial charge in [0.2, 0.25) is 5.89 Å². The lowest BCUT2D eigenvalue weighted by molar-refractivity contribution is 0.313. The van der Waals surface area contributed by atoms with E-state index >= 15 is 0 Å². The van der Waals surface area contributed by atoms with Gasteiger partial charge in [-0.3, -0.25) is 4.90 Å². The van der Waals surface area contributed by atoms with Gasteiger partial charge >= 0.3 is 0 Å². The zero-order chi connectivity index (χ0) is 20.4. The molecule has 0 atom stereocenters. The summed E-state index contributed by atoms with van der Waals surface area (Å²) in [4.78, 5) is 11.6. The molecule has 6 nitrogen and oxygen atoms in total. The van der Waals surface area contributed by atoms with E-state index in [-0.39, 0.29) is 0 Å². The first-order chi connectivity index (χ1) is 14.1. The normalized spacial score (nSPS) is 11.3. The molecule has 2 heterocycles. The highest BCUT2D eigenvalue weighted by atomic mass is 32.1. The molecule has 0 bridgehead atoms. The third-order valence-electron chi connectivity index (χ3n) is 4.69. The second kappa shape index (κ2) is 8.23. The zero-order valence-corrected chi connectivity index (χ0v) is 17.7. The number of aryl methyl sites for hydroxylation is 1. The lowest BCUT2D eigenvalue weighted by atomic mass is 10.2. The van der Waals surface area contributed by atoms with Crippen molar-refractivity contribution in [2.45, 2.75) is 20.0 Å². The van der Waals surface area contributed by atoms with Crippen LogP contribution in [0.3, 0.4) is 0 Å². The summed E-state index contributed by atoms with van der Waals surface area (Å²) in [5.74, 6) is 2.59. The van der Waals surface area contributed by atoms with Crippen molar-refractivity contribution in [1.29, 1.82) is 0 Å². The Balaban J connectivity index is 1.54. The smallest absolute Gasteiger partial charge is 0.230 e. The number of methoxy groups -OCH3 is 2. The van der Waals surface area contributed by atoms with E-state index < -0.39 is 0 Å². The summed E-state index contributed by atoms with van der Waals surface area (Å²) < 4.78 is 18.1. The number of fused-ring (bicyclic) bond motifs is 1. The fourth-order valence-corrected chi connectivity index (χ4v) is 4.32. The standard InChI is InChI=1S/C22H23N3O3S/c1-14-17(12-25(2)13-20-23-16-9-5-6-11-19(16)29-20)24-22(28-14)15-8-7-10-18(26-3)21(15)27-4/h5-11H,12-13H2,1-4H3. The van der Waals surface area contributed by atoms with Gasteiger partial charge in [0, 0.05) is 6.54 Å². The van der Waals surface area contributed by atoms with Crippen LogP contribution in [0.5, 0.6) is 11.5 Å². The Morgan fingerprint density at radius 1 is 1.00 bits per heavy atom. The molecular weight excluding hydrogens is 386 g/mol. The van der Waals surface area contributed by atoms with Crippen molar-refractivity contribution in [3.05, 3.63) is 58.9 Å². The quantitative estimate of drug-likeness (QED) is 0.432. The van der Waals surface area contributed by atoms with Crippen molar-refractivity contribution < 1.29 is 13.9 Å². The van der Waals surface area contributed by atoms with Crippen LogP contribution >= 0.6 is 11.3 Å². The molecule has 150 valence electrons. The summed E-state index contributed by atoms with van der Waals surface area (Å²) in [6.07, 6.45) is 0. The number of hydrogen-bond acceptors (Lipinski definition) is 7. The Morgan fingerprint density at radius 3 is 2.59 bits per heavy atom. The molecule has 2 aromatic carbocycles. The molecule has 7 heteroatoms. The Labute approximate surface area is 173 Å². The molecule has 0 fully saturated rings. The van der Waals surface area contributed by atoms with E-state index in [1.54, 1.807) is 25.6 Å². The molecule has 2 aromatic heterocycles. The molecule has 4 aromatic rings. The van der Waals surface area contributed by atoms with Gasteiger partial charge in [0.1, 0.15) is 10.8 Å². The lowest BCUT2D eigenvalue weighted by Crippen LogP contribution is -2.17. The first-order valence-electron chi connectivity index (χ1n) is 9.29. The number of ether oxygens (including phenoxy) is 2. The van der Waals surface area contributed by atoms with E-state index in [1.807, 2.05) is 43.3 Å². The molecule has 0 aliphatic rings. The largest absolute Gasteiger partial charge is 0.493 e. The molecule has 0 saturated carbocycles. The minimum absolute atomic E-state index is 0.529. The van der Waals surface area contributed by atoms with Crippen LogP contribution in [0.25, 0.3) is 21.7 Å². The van der Waals surface area contributed by atoms with E-state index in [2.05, 4.69) is 18.0 Å². The Kier molecular flexibility index (Phi) is 5.51. The van der Waals surface area contributed by atoms with E-state index in [9.17, 15) is 0 Å². The molecule has 0 N–H and O–H groups in total. The molecule has 29 heavy (non-hydrogen) atoms. The molecule has 0 saturated heterocycles. The van der Waals surface area contributed by atoms with Crippen molar-refractivity contribution in [3.63, 3.8) is 0 Å². The summed E-state index contributed by atoms with van der Waals surface area (Å²) in [7, 11) is 5.29. The van der Waals surface area contributed by atoms with Crippen LogP contribution in [0.4, 0.5) is 0 Å².